The average molecular weight is 418 g/mol. The first-order valence-corrected chi connectivity index (χ1v) is 8.14. The van der Waals surface area contributed by atoms with Gasteiger partial charge >= 0.3 is 18.5 Å². The molecule has 0 aliphatic carbocycles. The zero-order valence-electron chi connectivity index (χ0n) is 14.4. The molecule has 0 atom stereocenters. The Hall–Kier alpha value is -3.17. The number of rotatable bonds is 5. The molecule has 10 heteroatoms. The van der Waals surface area contributed by atoms with E-state index in [0.717, 1.165) is 6.07 Å². The van der Waals surface area contributed by atoms with E-state index in [-0.39, 0.29) is 24.2 Å². The summed E-state index contributed by atoms with van der Waals surface area (Å²) in [5.41, 5.74) is -0.379. The fourth-order valence-electron chi connectivity index (χ4n) is 2.79. The Morgan fingerprint density at radius 2 is 1.55 bits per heavy atom. The maximum absolute atomic E-state index is 13.1. The van der Waals surface area contributed by atoms with Gasteiger partial charge in [0.25, 0.3) is 0 Å². The summed E-state index contributed by atoms with van der Waals surface area (Å²) in [5, 5.41) is 9.48. The second-order valence-corrected chi connectivity index (χ2v) is 6.16. The molecule has 0 radical (unpaired) electrons. The number of aromatic carboxylic acids is 1. The van der Waals surface area contributed by atoms with E-state index in [0.29, 0.717) is 28.7 Å². The van der Waals surface area contributed by atoms with Gasteiger partial charge in [-0.15, -0.1) is 13.2 Å². The van der Waals surface area contributed by atoms with Crippen LogP contribution in [0.15, 0.2) is 46.9 Å². The number of fused-ring (bicyclic) bond motifs is 1. The molecule has 0 unspecified atom stereocenters. The number of hydrogen-bond donors (Lipinski definition) is 1. The van der Waals surface area contributed by atoms with Gasteiger partial charge < -0.3 is 14.3 Å². The first kappa shape index (κ1) is 20.6. The van der Waals surface area contributed by atoms with Crippen molar-refractivity contribution in [3.63, 3.8) is 0 Å². The van der Waals surface area contributed by atoms with Crippen molar-refractivity contribution in [2.45, 2.75) is 25.4 Å². The molecule has 0 saturated heterocycles. The molecule has 29 heavy (non-hydrogen) atoms. The summed E-state index contributed by atoms with van der Waals surface area (Å²) in [6, 6.07) is 8.57. The van der Waals surface area contributed by atoms with Crippen molar-refractivity contribution in [2.24, 2.45) is 0 Å². The van der Waals surface area contributed by atoms with E-state index in [1.165, 1.54) is 6.07 Å². The van der Waals surface area contributed by atoms with Gasteiger partial charge in [0.05, 0.1) is 5.56 Å². The number of furan rings is 1. The predicted octanol–water partition coefficient (Wildman–Crippen LogP) is 5.83. The van der Waals surface area contributed by atoms with Gasteiger partial charge in [0.2, 0.25) is 5.76 Å². The summed E-state index contributed by atoms with van der Waals surface area (Å²) in [6.07, 6.45) is -9.89. The molecule has 1 heterocycles. The van der Waals surface area contributed by atoms with Crippen LogP contribution in [0.1, 0.15) is 27.2 Å². The smallest absolute Gasteiger partial charge is 0.475 e. The third kappa shape index (κ3) is 5.01. The topological polar surface area (TPSA) is 59.7 Å². The lowest BCUT2D eigenvalue weighted by Gasteiger charge is -2.16. The summed E-state index contributed by atoms with van der Waals surface area (Å²) in [4.78, 5) is 10.9. The number of carbonyl (C=O) groups is 1. The summed E-state index contributed by atoms with van der Waals surface area (Å²) in [6.45, 7) is 0. The minimum atomic E-state index is -5.24. The highest BCUT2D eigenvalue weighted by Gasteiger charge is 2.39. The van der Waals surface area contributed by atoms with E-state index in [1.807, 2.05) is 0 Å². The Labute approximate surface area is 159 Å². The molecule has 1 aromatic heterocycles. The number of carboxylic acid groups (broad SMARTS) is 1. The highest BCUT2D eigenvalue weighted by molar-refractivity contribution is 5.91. The summed E-state index contributed by atoms with van der Waals surface area (Å²) in [5.74, 6) is -2.79. The molecule has 0 bridgehead atoms. The number of ether oxygens (including phenoxy) is 1. The van der Waals surface area contributed by atoms with Crippen LogP contribution in [0.5, 0.6) is 5.75 Å². The van der Waals surface area contributed by atoms with Gasteiger partial charge in [-0.3, -0.25) is 0 Å². The number of benzene rings is 2. The molecule has 0 aliphatic rings. The van der Waals surface area contributed by atoms with Crippen molar-refractivity contribution in [3.05, 3.63) is 64.9 Å². The lowest BCUT2D eigenvalue weighted by molar-refractivity contribution is -0.276. The summed E-state index contributed by atoms with van der Waals surface area (Å²) in [7, 11) is 0. The third-order valence-electron chi connectivity index (χ3n) is 4.07. The lowest BCUT2D eigenvalue weighted by Crippen LogP contribution is -2.20. The molecular formula is C19H12F6O4. The van der Waals surface area contributed by atoms with E-state index in [9.17, 15) is 31.1 Å². The Bertz CT molecular complexity index is 1050. The highest BCUT2D eigenvalue weighted by atomic mass is 19.4. The molecule has 0 fully saturated rings. The number of alkyl halides is 6. The van der Waals surface area contributed by atoms with Crippen LogP contribution in [0.4, 0.5) is 26.3 Å². The summed E-state index contributed by atoms with van der Waals surface area (Å²) >= 11 is 0. The number of aryl methyl sites for hydroxylation is 2. The number of halogens is 6. The van der Waals surface area contributed by atoms with Gasteiger partial charge in [0.15, 0.2) is 0 Å². The Balaban J connectivity index is 1.81. The molecule has 3 aromatic rings. The van der Waals surface area contributed by atoms with Crippen molar-refractivity contribution in [1.29, 1.82) is 0 Å². The Kier molecular flexibility index (Phi) is 5.20. The van der Waals surface area contributed by atoms with Crippen LogP contribution < -0.4 is 4.74 Å². The van der Waals surface area contributed by atoms with E-state index in [4.69, 9.17) is 9.52 Å². The first-order valence-electron chi connectivity index (χ1n) is 8.14. The zero-order chi connectivity index (χ0) is 21.4. The van der Waals surface area contributed by atoms with Crippen LogP contribution in [-0.2, 0) is 19.0 Å². The van der Waals surface area contributed by atoms with Gasteiger partial charge in [0, 0.05) is 5.39 Å². The molecule has 0 saturated carbocycles. The third-order valence-corrected chi connectivity index (χ3v) is 4.07. The average Bonchev–Trinajstić information content (AvgIpc) is 3.02. The SMILES string of the molecule is O=C(O)c1cc2ccc(CCc3ccc(OC(F)(F)F)c(C(F)(F)F)c3)cc2o1. The molecule has 154 valence electrons. The van der Waals surface area contributed by atoms with E-state index < -0.39 is 29.8 Å². The minimum absolute atomic E-state index is 0.105. The maximum atomic E-state index is 13.1. The van der Waals surface area contributed by atoms with E-state index >= 15 is 0 Å². The molecule has 0 spiro atoms. The normalized spacial score (nSPS) is 12.3. The van der Waals surface area contributed by atoms with E-state index in [1.54, 1.807) is 18.2 Å². The van der Waals surface area contributed by atoms with Crippen molar-refractivity contribution in [3.8, 4) is 5.75 Å². The van der Waals surface area contributed by atoms with Crippen LogP contribution in [0.3, 0.4) is 0 Å². The molecule has 3 rings (SSSR count). The molecule has 0 amide bonds. The first-order chi connectivity index (χ1) is 13.4. The Morgan fingerprint density at radius 1 is 0.931 bits per heavy atom. The monoisotopic (exact) mass is 418 g/mol. The van der Waals surface area contributed by atoms with Crippen LogP contribution in [0, 0.1) is 0 Å². The molecule has 2 aromatic carbocycles. The fourth-order valence-corrected chi connectivity index (χ4v) is 2.79. The predicted molar refractivity (Wildman–Crippen MR) is 88.7 cm³/mol. The van der Waals surface area contributed by atoms with Gasteiger partial charge in [-0.2, -0.15) is 13.2 Å². The van der Waals surface area contributed by atoms with Gasteiger partial charge in [-0.05, 0) is 48.2 Å². The molecule has 1 N–H and O–H groups in total. The second-order valence-electron chi connectivity index (χ2n) is 6.16. The standard InChI is InChI=1S/C19H12F6O4/c20-18(21,22)13-7-10(4-6-14(13)29-19(23,24)25)1-2-11-3-5-12-9-16(17(26)27)28-15(12)8-11/h3-9H,1-2H2,(H,26,27). The van der Waals surface area contributed by atoms with Crippen LogP contribution in [0.2, 0.25) is 0 Å². The van der Waals surface area contributed by atoms with E-state index in [2.05, 4.69) is 4.74 Å². The van der Waals surface area contributed by atoms with Gasteiger partial charge in [0.1, 0.15) is 11.3 Å². The van der Waals surface area contributed by atoms with Crippen LogP contribution >= 0.6 is 0 Å². The number of carboxylic acids is 1. The van der Waals surface area contributed by atoms with Crippen molar-refractivity contribution in [2.75, 3.05) is 0 Å². The molecule has 0 aliphatic heterocycles. The Morgan fingerprint density at radius 3 is 2.14 bits per heavy atom. The van der Waals surface area contributed by atoms with Crippen molar-refractivity contribution >= 4 is 16.9 Å². The lowest BCUT2D eigenvalue weighted by atomic mass is 10.0. The van der Waals surface area contributed by atoms with Crippen LogP contribution in [-0.4, -0.2) is 17.4 Å². The van der Waals surface area contributed by atoms with Crippen molar-refractivity contribution in [1.82, 2.24) is 0 Å². The fraction of sp³-hybridized carbons (Fsp3) is 0.211. The zero-order valence-corrected chi connectivity index (χ0v) is 14.4. The molecule has 4 nitrogen and oxygen atoms in total. The molecular weight excluding hydrogens is 406 g/mol. The highest BCUT2D eigenvalue weighted by Crippen LogP contribution is 2.39. The number of hydrogen-bond acceptors (Lipinski definition) is 3. The minimum Gasteiger partial charge on any atom is -0.475 e. The van der Waals surface area contributed by atoms with Crippen LogP contribution in [0.25, 0.3) is 11.0 Å². The van der Waals surface area contributed by atoms with Crippen molar-refractivity contribution < 1.29 is 45.4 Å². The maximum Gasteiger partial charge on any atom is 0.573 e. The van der Waals surface area contributed by atoms with Gasteiger partial charge in [-0.1, -0.05) is 18.2 Å². The largest absolute Gasteiger partial charge is 0.573 e. The summed E-state index contributed by atoms with van der Waals surface area (Å²) < 4.78 is 84.9. The van der Waals surface area contributed by atoms with Gasteiger partial charge in [-0.25, -0.2) is 4.79 Å². The quantitative estimate of drug-likeness (QED) is 0.530. The second kappa shape index (κ2) is 7.34.